The summed E-state index contributed by atoms with van der Waals surface area (Å²) in [5, 5.41) is 8.76. The van der Waals surface area contributed by atoms with Gasteiger partial charge in [-0.05, 0) is 41.5 Å². The van der Waals surface area contributed by atoms with Crippen molar-refractivity contribution in [2.24, 2.45) is 0 Å². The largest absolute Gasteiger partial charge is 0.497 e. The minimum Gasteiger partial charge on any atom is -0.497 e. The van der Waals surface area contributed by atoms with Crippen LogP contribution in [-0.4, -0.2) is 46.5 Å². The first-order valence-electron chi connectivity index (χ1n) is 15.2. The third kappa shape index (κ3) is 5.94. The van der Waals surface area contributed by atoms with E-state index in [1.165, 1.54) is 11.1 Å². The topological polar surface area (TPSA) is 113 Å². The van der Waals surface area contributed by atoms with Gasteiger partial charge in [0.25, 0.3) is 5.91 Å². The predicted molar refractivity (Wildman–Crippen MR) is 169 cm³/mol. The number of anilines is 2. The van der Waals surface area contributed by atoms with Gasteiger partial charge in [0, 0.05) is 48.3 Å². The van der Waals surface area contributed by atoms with Crippen LogP contribution in [0.3, 0.4) is 0 Å². The van der Waals surface area contributed by atoms with Crippen molar-refractivity contribution in [3.63, 3.8) is 0 Å². The van der Waals surface area contributed by atoms with Crippen LogP contribution in [0.2, 0.25) is 0 Å². The van der Waals surface area contributed by atoms with Crippen molar-refractivity contribution < 1.29 is 36.9 Å². The summed E-state index contributed by atoms with van der Waals surface area (Å²) in [7, 11) is 3.20. The monoisotopic (exact) mass is 660 g/mol. The maximum Gasteiger partial charge on any atom is 0.433 e. The Kier molecular flexibility index (Phi) is 8.25. The summed E-state index contributed by atoms with van der Waals surface area (Å²) < 4.78 is 63.9. The third-order valence-corrected chi connectivity index (χ3v) is 8.41. The smallest absolute Gasteiger partial charge is 0.433 e. The lowest BCUT2D eigenvalue weighted by Crippen LogP contribution is -2.31. The number of halogens is 3. The number of aryl methyl sites for hydroxylation is 1. The second kappa shape index (κ2) is 12.7. The highest BCUT2D eigenvalue weighted by Crippen LogP contribution is 2.36. The molecule has 2 aliphatic heterocycles. The number of amides is 1. The molecule has 0 fully saturated rings. The number of ether oxygens (including phenoxy) is 4. The molecule has 2 aromatic carbocycles. The van der Waals surface area contributed by atoms with Crippen molar-refractivity contribution in [3.8, 4) is 17.4 Å². The summed E-state index contributed by atoms with van der Waals surface area (Å²) in [4.78, 5) is 23.8. The molecule has 0 spiro atoms. The zero-order valence-corrected chi connectivity index (χ0v) is 26.1. The lowest BCUT2D eigenvalue weighted by molar-refractivity contribution is -0.141. The van der Waals surface area contributed by atoms with Crippen molar-refractivity contribution in [2.75, 3.05) is 31.0 Å². The number of aromatic nitrogens is 4. The highest BCUT2D eigenvalue weighted by Gasteiger charge is 2.33. The van der Waals surface area contributed by atoms with E-state index in [1.807, 2.05) is 36.4 Å². The normalized spacial score (nSPS) is 13.9. The number of hydrogen-bond donors (Lipinski definition) is 1. The molecule has 0 aliphatic carbocycles. The summed E-state index contributed by atoms with van der Waals surface area (Å²) in [5.41, 5.74) is 3.66. The molecule has 11 nitrogen and oxygen atoms in total. The first-order valence-corrected chi connectivity index (χ1v) is 15.2. The second-order valence-electron chi connectivity index (χ2n) is 11.4. The molecule has 0 saturated heterocycles. The molecule has 7 rings (SSSR count). The fourth-order valence-corrected chi connectivity index (χ4v) is 5.95. The van der Waals surface area contributed by atoms with Gasteiger partial charge in [-0.15, -0.1) is 0 Å². The Labute approximate surface area is 273 Å². The number of methoxy groups -OCH3 is 2. The van der Waals surface area contributed by atoms with Crippen molar-refractivity contribution in [1.29, 1.82) is 0 Å². The van der Waals surface area contributed by atoms with E-state index >= 15 is 0 Å². The number of hydrogen-bond acceptors (Lipinski definition) is 9. The Morgan fingerprint density at radius 2 is 1.90 bits per heavy atom. The summed E-state index contributed by atoms with van der Waals surface area (Å²) in [6, 6.07) is 13.3. The molecular weight excluding hydrogens is 629 g/mol. The maximum absolute atomic E-state index is 13.9. The van der Waals surface area contributed by atoms with E-state index in [1.54, 1.807) is 18.9 Å². The van der Waals surface area contributed by atoms with Crippen LogP contribution < -0.4 is 24.4 Å². The van der Waals surface area contributed by atoms with Gasteiger partial charge in [0.05, 0.1) is 57.9 Å². The van der Waals surface area contributed by atoms with E-state index in [-0.39, 0.29) is 12.1 Å². The van der Waals surface area contributed by atoms with Crippen LogP contribution in [0.1, 0.15) is 44.7 Å². The van der Waals surface area contributed by atoms with Gasteiger partial charge in [-0.25, -0.2) is 9.67 Å². The van der Waals surface area contributed by atoms with Crippen LogP contribution in [0.4, 0.5) is 24.7 Å². The molecule has 5 heterocycles. The summed E-state index contributed by atoms with van der Waals surface area (Å²) in [6.45, 7) is 2.42. The molecule has 0 atom stereocenters. The molecule has 0 unspecified atom stereocenters. The molecule has 0 saturated carbocycles. The van der Waals surface area contributed by atoms with Crippen molar-refractivity contribution in [3.05, 3.63) is 94.4 Å². The summed E-state index contributed by atoms with van der Waals surface area (Å²) in [6.07, 6.45) is -1.39. The van der Waals surface area contributed by atoms with Gasteiger partial charge in [0.15, 0.2) is 0 Å². The van der Waals surface area contributed by atoms with Gasteiger partial charge in [-0.1, -0.05) is 12.1 Å². The van der Waals surface area contributed by atoms with E-state index in [0.717, 1.165) is 52.4 Å². The van der Waals surface area contributed by atoms with Gasteiger partial charge in [0.1, 0.15) is 28.7 Å². The number of nitrogens with one attached hydrogen (secondary N) is 1. The second-order valence-corrected chi connectivity index (χ2v) is 11.4. The van der Waals surface area contributed by atoms with Crippen LogP contribution in [-0.2, 0) is 43.8 Å². The quantitative estimate of drug-likeness (QED) is 0.199. The highest BCUT2D eigenvalue weighted by molar-refractivity contribution is 6.06. The number of carbonyl (C=O) groups excluding carboxylic acids is 1. The van der Waals surface area contributed by atoms with Crippen molar-refractivity contribution in [1.82, 2.24) is 19.7 Å². The van der Waals surface area contributed by atoms with E-state index in [2.05, 4.69) is 15.4 Å². The molecule has 48 heavy (non-hydrogen) atoms. The Bertz CT molecular complexity index is 2000. The standard InChI is InChI=1S/C34H31F3N6O5/c1-45-23-7-5-21(29(13-23)46-2)14-39-31-26-19-47-18-25(26)24-8-4-20(12-27(24)41-31)17-42(28-16-40-43-10-3-11-48-33(28)43)32(44)22-6-9-30(38-15-22)34(35,36)37/h4-9,12-13,15-16H,3,10-11,14,17-19H2,1-2H3,(H,39,41). The minimum atomic E-state index is -4.63. The number of benzene rings is 2. The SMILES string of the molecule is COc1ccc(CNc2nc3cc(CN(C(=O)c4ccc(C(F)(F)F)nc4)c4cnn5c4OCCC5)ccc3c3c2COC3)c(OC)c1. The number of carbonyl (C=O) groups is 1. The molecule has 1 amide bonds. The Morgan fingerprint density at radius 1 is 1.04 bits per heavy atom. The molecular formula is C34H31F3N6O5. The number of pyridine rings is 2. The zero-order chi connectivity index (χ0) is 33.4. The molecule has 0 bridgehead atoms. The van der Waals surface area contributed by atoms with Gasteiger partial charge in [-0.2, -0.15) is 18.3 Å². The lowest BCUT2D eigenvalue weighted by Gasteiger charge is -2.25. The Morgan fingerprint density at radius 3 is 2.67 bits per heavy atom. The first kappa shape index (κ1) is 31.2. The average Bonchev–Trinajstić information content (AvgIpc) is 3.77. The van der Waals surface area contributed by atoms with E-state index in [4.69, 9.17) is 23.9 Å². The molecule has 0 radical (unpaired) electrons. The van der Waals surface area contributed by atoms with Crippen molar-refractivity contribution >= 4 is 28.3 Å². The number of alkyl halides is 3. The van der Waals surface area contributed by atoms with Gasteiger partial charge >= 0.3 is 6.18 Å². The molecule has 5 aromatic rings. The van der Waals surface area contributed by atoms with E-state index in [9.17, 15) is 18.0 Å². The van der Waals surface area contributed by atoms with Crippen LogP contribution in [0.25, 0.3) is 10.9 Å². The molecule has 3 aromatic heterocycles. The van der Waals surface area contributed by atoms with Crippen LogP contribution >= 0.6 is 0 Å². The Hall–Kier alpha value is -5.37. The van der Waals surface area contributed by atoms with E-state index in [0.29, 0.717) is 67.3 Å². The van der Waals surface area contributed by atoms with Crippen LogP contribution in [0.15, 0.2) is 60.9 Å². The van der Waals surface area contributed by atoms with Gasteiger partial charge in [0.2, 0.25) is 5.88 Å². The highest BCUT2D eigenvalue weighted by atomic mass is 19.4. The lowest BCUT2D eigenvalue weighted by atomic mass is 10.0. The third-order valence-electron chi connectivity index (χ3n) is 8.41. The molecule has 1 N–H and O–H groups in total. The molecule has 2 aliphatic rings. The van der Waals surface area contributed by atoms with Crippen LogP contribution in [0, 0.1) is 0 Å². The number of rotatable bonds is 9. The predicted octanol–water partition coefficient (Wildman–Crippen LogP) is 6.13. The molecule has 14 heteroatoms. The zero-order valence-electron chi connectivity index (χ0n) is 26.1. The molecule has 248 valence electrons. The van der Waals surface area contributed by atoms with Gasteiger partial charge < -0.3 is 24.3 Å². The maximum atomic E-state index is 13.9. The number of nitrogens with zero attached hydrogens (tertiary/aromatic N) is 5. The fraction of sp³-hybridized carbons (Fsp3) is 0.294. The summed E-state index contributed by atoms with van der Waals surface area (Å²) in [5.74, 6) is 1.91. The van der Waals surface area contributed by atoms with E-state index < -0.39 is 17.8 Å². The fourth-order valence-electron chi connectivity index (χ4n) is 5.95. The first-order chi connectivity index (χ1) is 23.2. The number of fused-ring (bicyclic) bond motifs is 4. The Balaban J connectivity index is 1.22. The van der Waals surface area contributed by atoms with Crippen molar-refractivity contribution in [2.45, 2.75) is 45.4 Å². The minimum absolute atomic E-state index is 0.00640. The summed E-state index contributed by atoms with van der Waals surface area (Å²) >= 11 is 0. The van der Waals surface area contributed by atoms with Gasteiger partial charge in [-0.3, -0.25) is 14.7 Å². The van der Waals surface area contributed by atoms with Crippen LogP contribution in [0.5, 0.6) is 17.4 Å². The average molecular weight is 661 g/mol.